The third-order valence-electron chi connectivity index (χ3n) is 4.57. The molecule has 6 nitrogen and oxygen atoms in total. The van der Waals surface area contributed by atoms with Crippen molar-refractivity contribution in [3.63, 3.8) is 0 Å². The van der Waals surface area contributed by atoms with Crippen molar-refractivity contribution in [1.82, 2.24) is 9.62 Å². The molecule has 1 aliphatic heterocycles. The molecule has 1 aliphatic rings. The monoisotopic (exact) mass is 429 g/mol. The first-order chi connectivity index (χ1) is 13.0. The molecule has 0 atom stereocenters. The maximum Gasteiger partial charge on any atom is 0.250 e. The number of halogens is 1. The Morgan fingerprint density at radius 3 is 2.41 bits per heavy atom. The van der Waals surface area contributed by atoms with Crippen molar-refractivity contribution >= 4 is 38.6 Å². The molecule has 9 heteroatoms. The number of thiophene rings is 1. The average Bonchev–Trinajstić information content (AvgIpc) is 3.13. The summed E-state index contributed by atoms with van der Waals surface area (Å²) in [5.41, 5.74) is 1.21. The van der Waals surface area contributed by atoms with Gasteiger partial charge in [-0.1, -0.05) is 11.6 Å². The molecule has 3 rings (SSSR count). The van der Waals surface area contributed by atoms with Crippen LogP contribution in [0.15, 0.2) is 40.6 Å². The van der Waals surface area contributed by atoms with Gasteiger partial charge in [-0.25, -0.2) is 13.1 Å². The summed E-state index contributed by atoms with van der Waals surface area (Å²) in [7, 11) is -1.78. The zero-order chi connectivity index (χ0) is 19.3. The van der Waals surface area contributed by atoms with E-state index in [0.29, 0.717) is 10.9 Å². The smallest absolute Gasteiger partial charge is 0.250 e. The van der Waals surface area contributed by atoms with E-state index in [1.54, 1.807) is 13.2 Å². The van der Waals surface area contributed by atoms with Gasteiger partial charge in [-0.05, 0) is 49.4 Å². The van der Waals surface area contributed by atoms with Gasteiger partial charge in [-0.2, -0.15) is 0 Å². The maximum absolute atomic E-state index is 12.2. The molecule has 0 unspecified atom stereocenters. The Balaban J connectivity index is 1.38. The largest absolute Gasteiger partial charge is 0.497 e. The Bertz CT molecular complexity index is 832. The molecule has 148 valence electrons. The summed E-state index contributed by atoms with van der Waals surface area (Å²) in [4.78, 5) is 4.73. The second-order valence-electron chi connectivity index (χ2n) is 6.34. The minimum Gasteiger partial charge on any atom is -0.497 e. The maximum atomic E-state index is 12.2. The van der Waals surface area contributed by atoms with Crippen molar-refractivity contribution in [3.8, 4) is 5.75 Å². The molecule has 0 radical (unpaired) electrons. The number of hydrogen-bond acceptors (Lipinski definition) is 6. The Morgan fingerprint density at radius 1 is 1.11 bits per heavy atom. The lowest BCUT2D eigenvalue weighted by atomic mass is 10.2. The number of nitrogens with zero attached hydrogens (tertiary/aromatic N) is 2. The molecule has 0 aliphatic carbocycles. The zero-order valence-corrected chi connectivity index (χ0v) is 17.6. The van der Waals surface area contributed by atoms with Crippen molar-refractivity contribution in [2.75, 3.05) is 51.3 Å². The first-order valence-corrected chi connectivity index (χ1v) is 11.5. The predicted molar refractivity (Wildman–Crippen MR) is 111 cm³/mol. The zero-order valence-electron chi connectivity index (χ0n) is 15.2. The molecule has 27 heavy (non-hydrogen) atoms. The lowest BCUT2D eigenvalue weighted by Gasteiger charge is -2.36. The fraction of sp³-hybridized carbons (Fsp3) is 0.444. The number of ether oxygens (including phenoxy) is 1. The van der Waals surface area contributed by atoms with E-state index in [1.807, 2.05) is 12.1 Å². The number of hydrogen-bond donors (Lipinski definition) is 1. The van der Waals surface area contributed by atoms with Gasteiger partial charge in [0.2, 0.25) is 10.0 Å². The van der Waals surface area contributed by atoms with Gasteiger partial charge >= 0.3 is 0 Å². The molecule has 2 aromatic rings. The van der Waals surface area contributed by atoms with Gasteiger partial charge in [0.25, 0.3) is 0 Å². The molecular weight excluding hydrogens is 406 g/mol. The summed E-state index contributed by atoms with van der Waals surface area (Å²) in [6.07, 6.45) is 0.779. The van der Waals surface area contributed by atoms with Gasteiger partial charge in [0, 0.05) is 38.4 Å². The molecular formula is C18H24ClN3O3S2. The van der Waals surface area contributed by atoms with Crippen LogP contribution in [0.3, 0.4) is 0 Å². The van der Waals surface area contributed by atoms with Gasteiger partial charge < -0.3 is 9.64 Å². The first-order valence-electron chi connectivity index (χ1n) is 8.84. The molecule has 2 heterocycles. The van der Waals surface area contributed by atoms with Crippen molar-refractivity contribution < 1.29 is 13.2 Å². The highest BCUT2D eigenvalue weighted by Gasteiger charge is 2.18. The van der Waals surface area contributed by atoms with Crippen LogP contribution in [0.25, 0.3) is 0 Å². The summed E-state index contributed by atoms with van der Waals surface area (Å²) in [6.45, 7) is 5.18. The summed E-state index contributed by atoms with van der Waals surface area (Å²) >= 11 is 6.88. The summed E-state index contributed by atoms with van der Waals surface area (Å²) in [5, 5.41) is 0. The standard InChI is InChI=1S/C18H24ClN3O3S2/c1-25-16-5-3-15(4-6-16)22-13-11-21(12-14-22)10-2-9-20-27(23,24)18-8-7-17(19)26-18/h3-8,20H,2,9-14H2,1H3. The van der Waals surface area contributed by atoms with E-state index in [9.17, 15) is 8.42 Å². The van der Waals surface area contributed by atoms with E-state index in [-0.39, 0.29) is 4.21 Å². The third kappa shape index (κ3) is 5.58. The summed E-state index contributed by atoms with van der Waals surface area (Å²) in [5.74, 6) is 0.865. The second kappa shape index (κ2) is 9.25. The number of methoxy groups -OCH3 is 1. The van der Waals surface area contributed by atoms with Gasteiger partial charge in [0.05, 0.1) is 11.4 Å². The van der Waals surface area contributed by atoms with Crippen LogP contribution in [0.5, 0.6) is 5.75 Å². The number of sulfonamides is 1. The second-order valence-corrected chi connectivity index (χ2v) is 10.0. The van der Waals surface area contributed by atoms with E-state index in [1.165, 1.54) is 11.8 Å². The summed E-state index contributed by atoms with van der Waals surface area (Å²) in [6, 6.07) is 11.3. The SMILES string of the molecule is COc1ccc(N2CCN(CCCNS(=O)(=O)c3ccc(Cl)s3)CC2)cc1. The highest BCUT2D eigenvalue weighted by molar-refractivity contribution is 7.91. The number of benzene rings is 1. The van der Waals surface area contributed by atoms with Crippen LogP contribution >= 0.6 is 22.9 Å². The van der Waals surface area contributed by atoms with E-state index in [2.05, 4.69) is 26.7 Å². The lowest BCUT2D eigenvalue weighted by molar-refractivity contribution is 0.255. The van der Waals surface area contributed by atoms with Crippen LogP contribution in [0, 0.1) is 0 Å². The molecule has 0 bridgehead atoms. The number of rotatable bonds is 8. The third-order valence-corrected chi connectivity index (χ3v) is 7.75. The van der Waals surface area contributed by atoms with Crippen LogP contribution in [-0.4, -0.2) is 59.7 Å². The van der Waals surface area contributed by atoms with Crippen molar-refractivity contribution in [2.24, 2.45) is 0 Å². The molecule has 1 fully saturated rings. The highest BCUT2D eigenvalue weighted by atomic mass is 35.5. The van der Waals surface area contributed by atoms with E-state index in [4.69, 9.17) is 16.3 Å². The van der Waals surface area contributed by atoms with E-state index >= 15 is 0 Å². The normalized spacial score (nSPS) is 15.9. The Hall–Kier alpha value is -1.32. The molecule has 0 amide bonds. The quantitative estimate of drug-likeness (QED) is 0.654. The molecule has 1 aromatic heterocycles. The minimum atomic E-state index is -3.45. The molecule has 0 saturated carbocycles. The first kappa shape index (κ1) is 20.4. The average molecular weight is 430 g/mol. The number of piperazine rings is 1. The Kier molecular flexibility index (Phi) is 6.99. The van der Waals surface area contributed by atoms with E-state index in [0.717, 1.165) is 56.2 Å². The van der Waals surface area contributed by atoms with Gasteiger partial charge in [-0.15, -0.1) is 11.3 Å². The fourth-order valence-electron chi connectivity index (χ4n) is 3.05. The van der Waals surface area contributed by atoms with Crippen LogP contribution in [-0.2, 0) is 10.0 Å². The number of anilines is 1. The van der Waals surface area contributed by atoms with Gasteiger partial charge in [0.1, 0.15) is 9.96 Å². The fourth-order valence-corrected chi connectivity index (χ4v) is 5.65. The predicted octanol–water partition coefficient (Wildman–Crippen LogP) is 2.90. The molecule has 1 aromatic carbocycles. The summed E-state index contributed by atoms with van der Waals surface area (Å²) < 4.78 is 32.9. The number of nitrogens with one attached hydrogen (secondary N) is 1. The van der Waals surface area contributed by atoms with Crippen LogP contribution in [0.4, 0.5) is 5.69 Å². The van der Waals surface area contributed by atoms with E-state index < -0.39 is 10.0 Å². The van der Waals surface area contributed by atoms with Gasteiger partial charge in [-0.3, -0.25) is 4.90 Å². The minimum absolute atomic E-state index is 0.264. The Morgan fingerprint density at radius 2 is 1.81 bits per heavy atom. The van der Waals surface area contributed by atoms with Crippen LogP contribution < -0.4 is 14.4 Å². The molecule has 1 saturated heterocycles. The molecule has 1 N–H and O–H groups in total. The Labute approximate surface area is 169 Å². The highest BCUT2D eigenvalue weighted by Crippen LogP contribution is 2.25. The van der Waals surface area contributed by atoms with Crippen molar-refractivity contribution in [2.45, 2.75) is 10.6 Å². The van der Waals surface area contributed by atoms with Crippen LogP contribution in [0.2, 0.25) is 4.34 Å². The van der Waals surface area contributed by atoms with Gasteiger partial charge in [0.15, 0.2) is 0 Å². The van der Waals surface area contributed by atoms with Crippen LogP contribution in [0.1, 0.15) is 6.42 Å². The van der Waals surface area contributed by atoms with Crippen molar-refractivity contribution in [3.05, 3.63) is 40.7 Å². The topological polar surface area (TPSA) is 61.9 Å². The van der Waals surface area contributed by atoms with Crippen molar-refractivity contribution in [1.29, 1.82) is 0 Å². The lowest BCUT2D eigenvalue weighted by Crippen LogP contribution is -2.47. The molecule has 0 spiro atoms.